The Morgan fingerprint density at radius 1 is 0.806 bits per heavy atom. The molecule has 0 atom stereocenters. The second kappa shape index (κ2) is 8.24. The molecular weight excluding hydrogens is 472 g/mol. The fourth-order valence-electron chi connectivity index (χ4n) is 2.14. The first-order chi connectivity index (χ1) is 14.3. The van der Waals surface area contributed by atoms with Gasteiger partial charge in [-0.25, -0.2) is 4.79 Å². The number of carbonyl (C=O) groups is 1. The third kappa shape index (κ3) is 4.67. The Bertz CT molecular complexity index is 1280. The Balaban J connectivity index is 2.58. The predicted octanol–water partition coefficient (Wildman–Crippen LogP) is 2.52. The van der Waals surface area contributed by atoms with Crippen molar-refractivity contribution in [1.82, 2.24) is 0 Å². The quantitative estimate of drug-likeness (QED) is 0.318. The fraction of sp³-hybridized carbons (Fsp3) is 0. The third-order valence-electron chi connectivity index (χ3n) is 3.48. The van der Waals surface area contributed by atoms with Crippen LogP contribution in [0.2, 0.25) is 5.02 Å². The molecule has 0 unspecified atom stereocenters. The average Bonchev–Trinajstić information content (AvgIpc) is 2.66. The lowest BCUT2D eigenvalue weighted by Crippen LogP contribution is -2.16. The molecule has 0 saturated carbocycles. The Morgan fingerprint density at radius 2 is 1.32 bits per heavy atom. The minimum Gasteiger partial charge on any atom is -0.337 e. The Morgan fingerprint density at radius 3 is 1.81 bits per heavy atom. The summed E-state index contributed by atoms with van der Waals surface area (Å²) in [4.78, 5) is 50.0. The number of benzene rings is 2. The summed E-state index contributed by atoms with van der Waals surface area (Å²) < 4.78 is 29.0. The van der Waals surface area contributed by atoms with E-state index >= 15 is 0 Å². The van der Waals surface area contributed by atoms with E-state index in [1.807, 2.05) is 0 Å². The average molecular weight is 477 g/mol. The summed E-state index contributed by atoms with van der Waals surface area (Å²) in [6, 6.07) is 2.22. The number of rotatable bonds is 7. The van der Waals surface area contributed by atoms with Crippen LogP contribution in [0.25, 0.3) is 0 Å². The van der Waals surface area contributed by atoms with Gasteiger partial charge in [-0.3, -0.25) is 40.5 Å². The summed E-state index contributed by atoms with van der Waals surface area (Å²) in [5, 5.41) is 42.6. The molecule has 0 aromatic heterocycles. The van der Waals surface area contributed by atoms with Crippen LogP contribution in [0.4, 0.5) is 22.7 Å². The molecule has 0 saturated heterocycles. The van der Waals surface area contributed by atoms with Gasteiger partial charge in [0.05, 0.1) is 31.8 Å². The van der Waals surface area contributed by atoms with E-state index in [1.54, 1.807) is 0 Å². The van der Waals surface area contributed by atoms with Crippen molar-refractivity contribution in [2.75, 3.05) is 0 Å². The summed E-state index contributed by atoms with van der Waals surface area (Å²) in [5.41, 5.74) is -5.25. The molecule has 18 heteroatoms. The third-order valence-corrected chi connectivity index (χ3v) is 5.22. The van der Waals surface area contributed by atoms with Crippen LogP contribution >= 0.6 is 11.6 Å². The monoisotopic (exact) mass is 476 g/mol. The molecule has 0 N–H and O–H groups in total. The number of non-ortho nitro benzene ring substituents is 2. The molecule has 0 radical (unpaired) electrons. The molecule has 0 aliphatic heterocycles. The van der Waals surface area contributed by atoms with Gasteiger partial charge >= 0.3 is 16.1 Å². The van der Waals surface area contributed by atoms with Gasteiger partial charge in [0.25, 0.3) is 22.7 Å². The van der Waals surface area contributed by atoms with Gasteiger partial charge in [-0.2, -0.15) is 8.42 Å². The van der Waals surface area contributed by atoms with Crippen LogP contribution < -0.4 is 0 Å². The molecule has 16 nitrogen and oxygen atoms in total. The molecule has 31 heavy (non-hydrogen) atoms. The molecule has 2 aromatic rings. The zero-order valence-corrected chi connectivity index (χ0v) is 15.9. The fourth-order valence-corrected chi connectivity index (χ4v) is 3.57. The lowest BCUT2D eigenvalue weighted by molar-refractivity contribution is -0.394. The summed E-state index contributed by atoms with van der Waals surface area (Å²) in [6.45, 7) is 0. The molecule has 2 aromatic carbocycles. The Kier molecular flexibility index (Phi) is 6.12. The molecule has 0 aliphatic carbocycles. The first kappa shape index (κ1) is 23.0. The number of nitro benzene ring substituents is 4. The van der Waals surface area contributed by atoms with E-state index in [2.05, 4.69) is 4.18 Å². The van der Waals surface area contributed by atoms with Crippen molar-refractivity contribution < 1.29 is 37.1 Å². The molecule has 0 bridgehead atoms. The number of nitro groups is 4. The lowest BCUT2D eigenvalue weighted by Gasteiger charge is -2.08. The second-order valence-corrected chi connectivity index (χ2v) is 7.22. The summed E-state index contributed by atoms with van der Waals surface area (Å²) >= 11 is 5.61. The maximum absolute atomic E-state index is 12.4. The van der Waals surface area contributed by atoms with Crippen molar-refractivity contribution in [2.45, 2.75) is 4.90 Å². The van der Waals surface area contributed by atoms with Crippen molar-refractivity contribution in [1.29, 1.82) is 0 Å². The van der Waals surface area contributed by atoms with Gasteiger partial charge in [0.2, 0.25) is 0 Å². The molecule has 2 rings (SSSR count). The van der Waals surface area contributed by atoms with Gasteiger partial charge in [0.15, 0.2) is 0 Å². The largest absolute Gasteiger partial charge is 0.361 e. The Labute approximate surface area is 174 Å². The molecule has 0 heterocycles. The molecule has 0 amide bonds. The van der Waals surface area contributed by atoms with Crippen molar-refractivity contribution in [2.24, 2.45) is 0 Å². The van der Waals surface area contributed by atoms with Gasteiger partial charge < -0.3 is 4.18 Å². The van der Waals surface area contributed by atoms with Gasteiger partial charge in [-0.15, -0.1) is 0 Å². The van der Waals surface area contributed by atoms with E-state index in [0.717, 1.165) is 0 Å². The van der Waals surface area contributed by atoms with Gasteiger partial charge in [0.1, 0.15) is 15.5 Å². The highest BCUT2D eigenvalue weighted by Crippen LogP contribution is 2.37. The van der Waals surface area contributed by atoms with Crippen LogP contribution in [-0.4, -0.2) is 34.1 Å². The highest BCUT2D eigenvalue weighted by Gasteiger charge is 2.34. The van der Waals surface area contributed by atoms with E-state index < -0.39 is 74.0 Å². The minimum atomic E-state index is -5.37. The van der Waals surface area contributed by atoms with E-state index in [4.69, 9.17) is 11.6 Å². The van der Waals surface area contributed by atoms with Gasteiger partial charge in [0, 0.05) is 12.1 Å². The lowest BCUT2D eigenvalue weighted by atomic mass is 10.1. The normalized spacial score (nSPS) is 10.9. The second-order valence-electron chi connectivity index (χ2n) is 5.33. The molecule has 0 spiro atoms. The number of nitrogens with zero attached hydrogens (tertiary/aromatic N) is 4. The molecule has 0 aliphatic rings. The van der Waals surface area contributed by atoms with Crippen molar-refractivity contribution in [3.8, 4) is 0 Å². The van der Waals surface area contributed by atoms with Gasteiger partial charge in [-0.1, -0.05) is 11.6 Å². The van der Waals surface area contributed by atoms with Crippen molar-refractivity contribution in [3.63, 3.8) is 0 Å². The van der Waals surface area contributed by atoms with E-state index in [1.165, 1.54) is 0 Å². The molecular formula is C13H5ClN4O12S. The first-order valence-corrected chi connectivity index (χ1v) is 9.09. The van der Waals surface area contributed by atoms with E-state index in [-0.39, 0.29) is 6.07 Å². The topological polar surface area (TPSA) is 233 Å². The number of halogens is 1. The van der Waals surface area contributed by atoms with Crippen LogP contribution in [0.1, 0.15) is 10.4 Å². The predicted molar refractivity (Wildman–Crippen MR) is 97.1 cm³/mol. The zero-order valence-electron chi connectivity index (χ0n) is 14.4. The minimum absolute atomic E-state index is 0.280. The van der Waals surface area contributed by atoms with Crippen LogP contribution in [0.3, 0.4) is 0 Å². The van der Waals surface area contributed by atoms with Crippen LogP contribution in [0.15, 0.2) is 35.2 Å². The molecule has 0 fully saturated rings. The van der Waals surface area contributed by atoms with Gasteiger partial charge in [-0.05, 0) is 6.07 Å². The highest BCUT2D eigenvalue weighted by molar-refractivity contribution is 7.87. The first-order valence-electron chi connectivity index (χ1n) is 7.30. The summed E-state index contributed by atoms with van der Waals surface area (Å²) in [7, 11) is -5.37. The van der Waals surface area contributed by atoms with E-state index in [9.17, 15) is 53.7 Å². The number of hydrogen-bond donors (Lipinski definition) is 0. The highest BCUT2D eigenvalue weighted by atomic mass is 35.5. The molecule has 162 valence electrons. The van der Waals surface area contributed by atoms with Crippen molar-refractivity contribution >= 4 is 50.4 Å². The smallest absolute Gasteiger partial charge is 0.337 e. The summed E-state index contributed by atoms with van der Waals surface area (Å²) in [5.74, 6) is -1.90. The number of carbonyl (C=O) groups excluding carboxylic acids is 1. The summed E-state index contributed by atoms with van der Waals surface area (Å²) in [6.07, 6.45) is 0. The van der Waals surface area contributed by atoms with E-state index in [0.29, 0.717) is 24.3 Å². The maximum atomic E-state index is 12.4. The van der Waals surface area contributed by atoms with Crippen molar-refractivity contribution in [3.05, 3.63) is 81.4 Å². The maximum Gasteiger partial charge on any atom is 0.361 e. The standard InChI is InChI=1S/C13H5ClN4O12S/c14-12-10(18(26)27)4-7(16(22)23)5-11(12)31(28,29)30-13(19)8-2-1-6(15(20)21)3-9(8)17(24)25/h1-5H. The number of hydrogen-bond acceptors (Lipinski definition) is 12. The van der Waals surface area contributed by atoms with Crippen LogP contribution in [0.5, 0.6) is 0 Å². The van der Waals surface area contributed by atoms with Crippen LogP contribution in [-0.2, 0) is 14.3 Å². The Hall–Kier alpha value is -4.25. The van der Waals surface area contributed by atoms with Crippen LogP contribution in [0, 0.1) is 40.5 Å². The zero-order chi connectivity index (χ0) is 23.7. The SMILES string of the molecule is O=C(OS(=O)(=O)c1cc([N+](=O)[O-])cc([N+](=O)[O-])c1Cl)c1ccc([N+](=O)[O-])cc1[N+](=O)[O-].